The molecule has 2 aromatic heterocycles. The van der Waals surface area contributed by atoms with Gasteiger partial charge < -0.3 is 11.5 Å². The molecule has 0 saturated heterocycles. The van der Waals surface area contributed by atoms with E-state index < -0.39 is 0 Å². The van der Waals surface area contributed by atoms with Gasteiger partial charge in [-0.3, -0.25) is 0 Å². The van der Waals surface area contributed by atoms with Crippen molar-refractivity contribution in [2.45, 2.75) is 51.6 Å². The minimum atomic E-state index is 0.844. The Labute approximate surface area is 269 Å². The van der Waals surface area contributed by atoms with E-state index in [2.05, 4.69) is 131 Å². The van der Waals surface area contributed by atoms with E-state index in [1.165, 1.54) is 92.6 Å². The molecule has 0 radical (unpaired) electrons. The summed E-state index contributed by atoms with van der Waals surface area (Å²) in [5, 5.41) is 12.3. The summed E-state index contributed by atoms with van der Waals surface area (Å²) in [5.74, 6) is 0. The first-order valence-corrected chi connectivity index (χ1v) is 16.7. The van der Waals surface area contributed by atoms with Gasteiger partial charge in [-0.15, -0.1) is 0 Å². The second-order valence-corrected chi connectivity index (χ2v) is 12.7. The molecular formula is C42H40N4+2. The van der Waals surface area contributed by atoms with Gasteiger partial charge in [0.05, 0.1) is 21.5 Å². The molecule has 0 fully saturated rings. The van der Waals surface area contributed by atoms with Crippen molar-refractivity contribution in [3.8, 4) is 0 Å². The van der Waals surface area contributed by atoms with Crippen molar-refractivity contribution in [2.24, 2.45) is 0 Å². The number of anilines is 2. The summed E-state index contributed by atoms with van der Waals surface area (Å²) in [6.45, 7) is 2.04. The molecule has 4 nitrogen and oxygen atoms in total. The highest BCUT2D eigenvalue weighted by molar-refractivity contribution is 6.19. The second kappa shape index (κ2) is 11.9. The number of unbranched alkanes of at least 4 members (excludes halogenated alkanes) is 5. The number of pyridine rings is 2. The lowest BCUT2D eigenvalue weighted by Gasteiger charge is -2.10. The molecule has 226 valence electrons. The number of aryl methyl sites for hydroxylation is 2. The van der Waals surface area contributed by atoms with Crippen molar-refractivity contribution in [3.05, 3.63) is 122 Å². The summed E-state index contributed by atoms with van der Waals surface area (Å²) in [7, 11) is 0. The predicted octanol–water partition coefficient (Wildman–Crippen LogP) is 9.39. The monoisotopic (exact) mass is 600 g/mol. The van der Waals surface area contributed by atoms with Gasteiger partial charge in [-0.2, -0.15) is 9.13 Å². The molecule has 8 rings (SSSR count). The fraction of sp³-hybridized carbons (Fsp3) is 0.190. The fourth-order valence-electron chi connectivity index (χ4n) is 7.57. The number of hydrogen-bond donors (Lipinski definition) is 2. The van der Waals surface area contributed by atoms with Crippen LogP contribution in [0.4, 0.5) is 11.4 Å². The van der Waals surface area contributed by atoms with Crippen molar-refractivity contribution in [2.75, 3.05) is 11.5 Å². The Balaban J connectivity index is 0.938. The summed E-state index contributed by atoms with van der Waals surface area (Å²) < 4.78 is 4.91. The van der Waals surface area contributed by atoms with Gasteiger partial charge in [0.25, 0.3) is 0 Å². The SMILES string of the molecule is Nc1cc2c(c[n+](CCCCCCCC[n+]3cc4c5ccccc5c(N)cc4c4ccccc43)c3ccccc23)c2ccccc12. The first-order valence-electron chi connectivity index (χ1n) is 16.7. The zero-order valence-electron chi connectivity index (χ0n) is 26.3. The van der Waals surface area contributed by atoms with Crippen LogP contribution in [-0.2, 0) is 13.1 Å². The normalized spacial score (nSPS) is 11.9. The standard InChI is InChI=1S/C42H38N4/c43-39-25-35-33-19-9-11-21-41(33)45(27-37(35)29-15-5-7-17-31(29)39)23-13-3-1-2-4-14-24-46-28-38-30-16-6-8-18-32(30)40(44)26-36(38)34-20-10-12-22-42(34)46/h5-12,15-22,25-28,43-44H,1-4,13-14,23-24H2/p+2. The zero-order chi connectivity index (χ0) is 31.0. The minimum Gasteiger partial charge on any atom is -0.398 e. The van der Waals surface area contributed by atoms with Crippen LogP contribution in [0.5, 0.6) is 0 Å². The van der Waals surface area contributed by atoms with Crippen molar-refractivity contribution >= 4 is 76.3 Å². The lowest BCUT2D eigenvalue weighted by Crippen LogP contribution is -2.34. The highest BCUT2D eigenvalue weighted by atomic mass is 14.9. The average Bonchev–Trinajstić information content (AvgIpc) is 3.10. The molecule has 6 aromatic carbocycles. The number of nitrogens with two attached hydrogens (primary N) is 2. The van der Waals surface area contributed by atoms with Crippen LogP contribution < -0.4 is 20.6 Å². The average molecular weight is 601 g/mol. The van der Waals surface area contributed by atoms with Gasteiger partial charge in [0.15, 0.2) is 12.4 Å². The summed E-state index contributed by atoms with van der Waals surface area (Å²) in [5.41, 5.74) is 17.2. The summed E-state index contributed by atoms with van der Waals surface area (Å²) in [6, 6.07) is 38.8. The molecule has 0 atom stereocenters. The zero-order valence-corrected chi connectivity index (χ0v) is 26.3. The van der Waals surface area contributed by atoms with Crippen LogP contribution in [0.2, 0.25) is 0 Å². The van der Waals surface area contributed by atoms with E-state index in [1.807, 2.05) is 0 Å². The van der Waals surface area contributed by atoms with Gasteiger partial charge in [0.2, 0.25) is 11.0 Å². The number of para-hydroxylation sites is 2. The Morgan fingerprint density at radius 1 is 0.348 bits per heavy atom. The molecule has 46 heavy (non-hydrogen) atoms. The highest BCUT2D eigenvalue weighted by Crippen LogP contribution is 2.34. The van der Waals surface area contributed by atoms with E-state index in [0.29, 0.717) is 0 Å². The molecule has 8 aromatic rings. The highest BCUT2D eigenvalue weighted by Gasteiger charge is 2.18. The molecule has 2 heterocycles. The van der Waals surface area contributed by atoms with Crippen LogP contribution in [0.1, 0.15) is 38.5 Å². The van der Waals surface area contributed by atoms with E-state index in [9.17, 15) is 0 Å². The molecule has 0 aliphatic rings. The predicted molar refractivity (Wildman–Crippen MR) is 195 cm³/mol. The van der Waals surface area contributed by atoms with E-state index in [-0.39, 0.29) is 0 Å². The van der Waals surface area contributed by atoms with Gasteiger partial charge >= 0.3 is 0 Å². The quantitative estimate of drug-likeness (QED) is 0.0750. The van der Waals surface area contributed by atoms with Crippen LogP contribution in [0.3, 0.4) is 0 Å². The number of nitrogen functional groups attached to an aromatic ring is 2. The van der Waals surface area contributed by atoms with Crippen LogP contribution >= 0.6 is 0 Å². The maximum atomic E-state index is 6.49. The largest absolute Gasteiger partial charge is 0.398 e. The Hall–Kier alpha value is -5.22. The van der Waals surface area contributed by atoms with Gasteiger partial charge in [-0.1, -0.05) is 85.6 Å². The number of benzene rings is 6. The number of fused-ring (bicyclic) bond motifs is 10. The maximum Gasteiger partial charge on any atom is 0.213 e. The molecule has 0 bridgehead atoms. The van der Waals surface area contributed by atoms with Crippen LogP contribution in [0.25, 0.3) is 64.9 Å². The first kappa shape index (κ1) is 28.3. The topological polar surface area (TPSA) is 59.8 Å². The molecule has 0 amide bonds. The van der Waals surface area contributed by atoms with Crippen molar-refractivity contribution in [1.29, 1.82) is 0 Å². The number of aromatic nitrogens is 2. The molecule has 4 N–H and O–H groups in total. The second-order valence-electron chi connectivity index (χ2n) is 12.7. The van der Waals surface area contributed by atoms with Gasteiger partial charge in [-0.25, -0.2) is 0 Å². The smallest absolute Gasteiger partial charge is 0.213 e. The molecule has 0 aliphatic carbocycles. The molecule has 0 unspecified atom stereocenters. The van der Waals surface area contributed by atoms with Crippen LogP contribution in [-0.4, -0.2) is 0 Å². The number of hydrogen-bond acceptors (Lipinski definition) is 2. The Kier molecular flexibility index (Phi) is 7.34. The Bertz CT molecular complexity index is 2240. The van der Waals surface area contributed by atoms with E-state index in [1.54, 1.807) is 0 Å². The third kappa shape index (κ3) is 4.95. The van der Waals surface area contributed by atoms with Gasteiger partial charge in [0, 0.05) is 57.9 Å². The summed E-state index contributed by atoms with van der Waals surface area (Å²) >= 11 is 0. The van der Waals surface area contributed by atoms with Crippen LogP contribution in [0.15, 0.2) is 122 Å². The maximum absolute atomic E-state index is 6.49. The van der Waals surface area contributed by atoms with Crippen molar-refractivity contribution in [3.63, 3.8) is 0 Å². The number of nitrogens with zero attached hydrogens (tertiary/aromatic N) is 2. The van der Waals surface area contributed by atoms with E-state index in [4.69, 9.17) is 11.5 Å². The van der Waals surface area contributed by atoms with Gasteiger partial charge in [-0.05, 0) is 47.9 Å². The van der Waals surface area contributed by atoms with Crippen LogP contribution in [0, 0.1) is 0 Å². The summed E-state index contributed by atoms with van der Waals surface area (Å²) in [4.78, 5) is 0. The molecule has 0 spiro atoms. The van der Waals surface area contributed by atoms with Crippen molar-refractivity contribution in [1.82, 2.24) is 0 Å². The third-order valence-corrected chi connectivity index (χ3v) is 9.86. The Morgan fingerprint density at radius 2 is 0.696 bits per heavy atom. The first-order chi connectivity index (χ1) is 22.7. The lowest BCUT2D eigenvalue weighted by atomic mass is 9.98. The van der Waals surface area contributed by atoms with Gasteiger partial charge in [0.1, 0.15) is 13.1 Å². The minimum absolute atomic E-state index is 0.844. The fourth-order valence-corrected chi connectivity index (χ4v) is 7.57. The number of rotatable bonds is 9. The molecule has 4 heteroatoms. The van der Waals surface area contributed by atoms with Crippen molar-refractivity contribution < 1.29 is 9.13 Å². The molecule has 0 saturated carbocycles. The molecular weight excluding hydrogens is 560 g/mol. The Morgan fingerprint density at radius 3 is 1.13 bits per heavy atom. The molecule has 0 aliphatic heterocycles. The summed E-state index contributed by atoms with van der Waals surface area (Å²) in [6.07, 6.45) is 12.0. The van der Waals surface area contributed by atoms with E-state index in [0.717, 1.165) is 35.2 Å². The van der Waals surface area contributed by atoms with E-state index >= 15 is 0 Å². The third-order valence-electron chi connectivity index (χ3n) is 9.86. The lowest BCUT2D eigenvalue weighted by molar-refractivity contribution is -0.670.